The number of nitrogens with one attached hydrogen (secondary N) is 1. The minimum atomic E-state index is 0.361. The summed E-state index contributed by atoms with van der Waals surface area (Å²) in [6.45, 7) is 8.14. The molecular formula is C17H27N. The summed E-state index contributed by atoms with van der Waals surface area (Å²) >= 11 is 0. The Hall–Kier alpha value is -0.820. The Kier molecular flexibility index (Phi) is 4.45. The first-order chi connectivity index (χ1) is 8.65. The predicted octanol–water partition coefficient (Wildman–Crippen LogP) is 3.96. The van der Waals surface area contributed by atoms with Crippen LogP contribution in [0.4, 0.5) is 0 Å². The summed E-state index contributed by atoms with van der Waals surface area (Å²) in [4.78, 5) is 0. The molecule has 0 aliphatic carbocycles. The minimum Gasteiger partial charge on any atom is -0.311 e. The Labute approximate surface area is 112 Å². The van der Waals surface area contributed by atoms with E-state index in [4.69, 9.17) is 0 Å². The van der Waals surface area contributed by atoms with E-state index in [1.807, 2.05) is 0 Å². The minimum absolute atomic E-state index is 0.361. The number of aryl methyl sites for hydroxylation is 1. The fraction of sp³-hybridized carbons (Fsp3) is 0.647. The van der Waals surface area contributed by atoms with Gasteiger partial charge < -0.3 is 5.32 Å². The van der Waals surface area contributed by atoms with Gasteiger partial charge in [-0.3, -0.25) is 0 Å². The molecule has 1 aliphatic heterocycles. The molecule has 0 bridgehead atoms. The van der Waals surface area contributed by atoms with Crippen molar-refractivity contribution >= 4 is 0 Å². The van der Waals surface area contributed by atoms with Gasteiger partial charge in [-0.15, -0.1) is 0 Å². The molecule has 1 atom stereocenters. The molecule has 0 aromatic heterocycles. The molecule has 1 aromatic rings. The van der Waals surface area contributed by atoms with Crippen LogP contribution >= 0.6 is 0 Å². The Morgan fingerprint density at radius 3 is 2.50 bits per heavy atom. The van der Waals surface area contributed by atoms with Crippen LogP contribution in [-0.4, -0.2) is 12.1 Å². The van der Waals surface area contributed by atoms with Gasteiger partial charge in [-0.25, -0.2) is 0 Å². The molecule has 1 unspecified atom stereocenters. The van der Waals surface area contributed by atoms with Gasteiger partial charge in [0.15, 0.2) is 0 Å². The summed E-state index contributed by atoms with van der Waals surface area (Å²) in [5, 5.41) is 3.80. The normalized spacial score (nSPS) is 23.8. The quantitative estimate of drug-likeness (QED) is 0.828. The number of rotatable bonds is 5. The second kappa shape index (κ2) is 5.88. The maximum Gasteiger partial charge on any atom is 0.0224 e. The summed E-state index contributed by atoms with van der Waals surface area (Å²) in [7, 11) is 0. The van der Waals surface area contributed by atoms with Crippen LogP contribution in [-0.2, 0) is 12.8 Å². The zero-order chi connectivity index (χ0) is 13.0. The van der Waals surface area contributed by atoms with Gasteiger partial charge in [-0.05, 0) is 55.7 Å². The van der Waals surface area contributed by atoms with E-state index in [2.05, 4.69) is 50.4 Å². The first-order valence-electron chi connectivity index (χ1n) is 7.47. The van der Waals surface area contributed by atoms with Gasteiger partial charge in [-0.2, -0.15) is 0 Å². The summed E-state index contributed by atoms with van der Waals surface area (Å²) in [5.41, 5.74) is 3.43. The Morgan fingerprint density at radius 2 is 1.94 bits per heavy atom. The molecule has 0 radical (unpaired) electrons. The first-order valence-corrected chi connectivity index (χ1v) is 7.47. The highest BCUT2D eigenvalue weighted by atomic mass is 15.0. The molecular weight excluding hydrogens is 218 g/mol. The van der Waals surface area contributed by atoms with Crippen LogP contribution < -0.4 is 5.32 Å². The second-order valence-electron chi connectivity index (χ2n) is 6.21. The molecule has 1 N–H and O–H groups in total. The largest absolute Gasteiger partial charge is 0.311 e. The number of hydrogen-bond donors (Lipinski definition) is 1. The molecule has 1 heteroatoms. The van der Waals surface area contributed by atoms with E-state index in [1.165, 1.54) is 37.8 Å². The summed E-state index contributed by atoms with van der Waals surface area (Å²) in [6.07, 6.45) is 6.32. The summed E-state index contributed by atoms with van der Waals surface area (Å²) in [6, 6.07) is 8.96. The maximum absolute atomic E-state index is 3.80. The van der Waals surface area contributed by atoms with Gasteiger partial charge >= 0.3 is 0 Å². The smallest absolute Gasteiger partial charge is 0.0224 e. The summed E-state index contributed by atoms with van der Waals surface area (Å²) < 4.78 is 0. The van der Waals surface area contributed by atoms with Crippen molar-refractivity contribution in [3.63, 3.8) is 0 Å². The van der Waals surface area contributed by atoms with Crippen LogP contribution in [0.1, 0.15) is 51.2 Å². The first kappa shape index (κ1) is 13.6. The fourth-order valence-corrected chi connectivity index (χ4v) is 3.49. The van der Waals surface area contributed by atoms with Crippen LogP contribution in [0, 0.1) is 5.92 Å². The lowest BCUT2D eigenvalue weighted by atomic mass is 9.81. The maximum atomic E-state index is 3.80. The molecule has 0 amide bonds. The monoisotopic (exact) mass is 245 g/mol. The lowest BCUT2D eigenvalue weighted by Crippen LogP contribution is -2.43. The van der Waals surface area contributed by atoms with Crippen molar-refractivity contribution in [2.75, 3.05) is 6.54 Å². The fourth-order valence-electron chi connectivity index (χ4n) is 3.49. The molecule has 1 aromatic carbocycles. The standard InChI is InChI=1S/C17H27N/c1-4-15-8-5-6-9-16(15)13-17(12-14(2)3)10-7-11-18-17/h5-6,8-9,14,18H,4,7,10-13H2,1-3H3. The highest BCUT2D eigenvalue weighted by Gasteiger charge is 2.34. The average molecular weight is 245 g/mol. The molecule has 1 fully saturated rings. The van der Waals surface area contributed by atoms with E-state index in [0.717, 1.165) is 12.3 Å². The highest BCUT2D eigenvalue weighted by Crippen LogP contribution is 2.31. The van der Waals surface area contributed by atoms with Gasteiger partial charge in [0.05, 0.1) is 0 Å². The van der Waals surface area contributed by atoms with Crippen molar-refractivity contribution in [3.05, 3.63) is 35.4 Å². The van der Waals surface area contributed by atoms with Crippen LogP contribution in [0.25, 0.3) is 0 Å². The highest BCUT2D eigenvalue weighted by molar-refractivity contribution is 5.29. The third-order valence-corrected chi connectivity index (χ3v) is 4.16. The van der Waals surface area contributed by atoms with Gasteiger partial charge in [0.1, 0.15) is 0 Å². The molecule has 0 spiro atoms. The SMILES string of the molecule is CCc1ccccc1CC1(CC(C)C)CCCN1. The van der Waals surface area contributed by atoms with E-state index in [0.29, 0.717) is 5.54 Å². The number of benzene rings is 1. The van der Waals surface area contributed by atoms with Crippen LogP contribution in [0.15, 0.2) is 24.3 Å². The lowest BCUT2D eigenvalue weighted by molar-refractivity contribution is 0.301. The molecule has 1 aliphatic rings. The van der Waals surface area contributed by atoms with Crippen LogP contribution in [0.3, 0.4) is 0 Å². The van der Waals surface area contributed by atoms with Gasteiger partial charge in [0.25, 0.3) is 0 Å². The third-order valence-electron chi connectivity index (χ3n) is 4.16. The van der Waals surface area contributed by atoms with Crippen molar-refractivity contribution in [1.82, 2.24) is 5.32 Å². The van der Waals surface area contributed by atoms with Crippen LogP contribution in [0.2, 0.25) is 0 Å². The van der Waals surface area contributed by atoms with Crippen molar-refractivity contribution in [2.24, 2.45) is 5.92 Å². The predicted molar refractivity (Wildman–Crippen MR) is 78.9 cm³/mol. The number of hydrogen-bond acceptors (Lipinski definition) is 1. The molecule has 100 valence electrons. The molecule has 1 nitrogen and oxygen atoms in total. The van der Waals surface area contributed by atoms with E-state index in [9.17, 15) is 0 Å². The third kappa shape index (κ3) is 3.14. The molecule has 18 heavy (non-hydrogen) atoms. The summed E-state index contributed by atoms with van der Waals surface area (Å²) in [5.74, 6) is 0.768. The van der Waals surface area contributed by atoms with Crippen molar-refractivity contribution in [1.29, 1.82) is 0 Å². The molecule has 0 saturated carbocycles. The van der Waals surface area contributed by atoms with E-state index in [1.54, 1.807) is 5.56 Å². The van der Waals surface area contributed by atoms with Gasteiger partial charge in [-0.1, -0.05) is 45.0 Å². The zero-order valence-electron chi connectivity index (χ0n) is 12.1. The van der Waals surface area contributed by atoms with E-state index >= 15 is 0 Å². The van der Waals surface area contributed by atoms with Crippen LogP contribution in [0.5, 0.6) is 0 Å². The van der Waals surface area contributed by atoms with E-state index < -0.39 is 0 Å². The van der Waals surface area contributed by atoms with Gasteiger partial charge in [0, 0.05) is 5.54 Å². The Balaban J connectivity index is 2.18. The Bertz CT molecular complexity index is 375. The van der Waals surface area contributed by atoms with Gasteiger partial charge in [0.2, 0.25) is 0 Å². The van der Waals surface area contributed by atoms with Crippen molar-refractivity contribution in [3.8, 4) is 0 Å². The molecule has 1 saturated heterocycles. The van der Waals surface area contributed by atoms with E-state index in [-0.39, 0.29) is 0 Å². The topological polar surface area (TPSA) is 12.0 Å². The molecule has 1 heterocycles. The second-order valence-corrected chi connectivity index (χ2v) is 6.21. The Morgan fingerprint density at radius 1 is 1.22 bits per heavy atom. The van der Waals surface area contributed by atoms with Crippen molar-refractivity contribution in [2.45, 2.75) is 58.4 Å². The van der Waals surface area contributed by atoms with Crippen molar-refractivity contribution < 1.29 is 0 Å². The average Bonchev–Trinajstić information content (AvgIpc) is 2.77. The molecule has 2 rings (SSSR count). The zero-order valence-corrected chi connectivity index (χ0v) is 12.1. The lowest BCUT2D eigenvalue weighted by Gasteiger charge is -2.32.